The average Bonchev–Trinajstić information content (AvgIpc) is 2.61. The normalized spacial score (nSPS) is 15.5. The lowest BCUT2D eigenvalue weighted by atomic mass is 9.98. The standard InChI is InChI=1S/C13H15NO2/c1-8-2-3-9-4-5-10(11(9)6-8)7-12(14)13(15)16/h2-3,5-6,12H,4,7,14H2,1H3,(H,15,16)/t12-/m1/s1. The van der Waals surface area contributed by atoms with Crippen LogP contribution in [0, 0.1) is 6.92 Å². The Balaban J connectivity index is 2.22. The van der Waals surface area contributed by atoms with Crippen LogP contribution in [0.15, 0.2) is 24.3 Å². The number of aryl methyl sites for hydroxylation is 1. The predicted molar refractivity (Wildman–Crippen MR) is 63.1 cm³/mol. The van der Waals surface area contributed by atoms with Gasteiger partial charge in [-0.05, 0) is 36.5 Å². The fourth-order valence-electron chi connectivity index (χ4n) is 2.03. The first-order chi connectivity index (χ1) is 7.58. The van der Waals surface area contributed by atoms with Crippen molar-refractivity contribution in [2.24, 2.45) is 5.73 Å². The molecule has 3 N–H and O–H groups in total. The van der Waals surface area contributed by atoms with Crippen molar-refractivity contribution in [1.82, 2.24) is 0 Å². The minimum atomic E-state index is -0.943. The summed E-state index contributed by atoms with van der Waals surface area (Å²) in [5.41, 5.74) is 10.2. The predicted octanol–water partition coefficient (Wildman–Crippen LogP) is 1.74. The van der Waals surface area contributed by atoms with Gasteiger partial charge in [-0.25, -0.2) is 0 Å². The summed E-state index contributed by atoms with van der Waals surface area (Å²) >= 11 is 0. The number of hydrogen-bond donors (Lipinski definition) is 2. The van der Waals surface area contributed by atoms with E-state index in [4.69, 9.17) is 10.8 Å². The first-order valence-corrected chi connectivity index (χ1v) is 5.35. The van der Waals surface area contributed by atoms with Gasteiger partial charge in [-0.2, -0.15) is 0 Å². The summed E-state index contributed by atoms with van der Waals surface area (Å²) in [6.07, 6.45) is 3.37. The minimum absolute atomic E-state index is 0.409. The van der Waals surface area contributed by atoms with E-state index >= 15 is 0 Å². The Labute approximate surface area is 94.6 Å². The maximum Gasteiger partial charge on any atom is 0.320 e. The highest BCUT2D eigenvalue weighted by molar-refractivity contribution is 5.80. The number of fused-ring (bicyclic) bond motifs is 1. The van der Waals surface area contributed by atoms with Crippen molar-refractivity contribution in [2.75, 3.05) is 0 Å². The molecule has 1 aliphatic carbocycles. The van der Waals surface area contributed by atoms with E-state index in [0.29, 0.717) is 6.42 Å². The third kappa shape index (κ3) is 1.99. The van der Waals surface area contributed by atoms with E-state index in [0.717, 1.165) is 17.6 Å². The molecule has 2 rings (SSSR count). The fourth-order valence-corrected chi connectivity index (χ4v) is 2.03. The van der Waals surface area contributed by atoms with E-state index in [1.165, 1.54) is 11.1 Å². The lowest BCUT2D eigenvalue weighted by Crippen LogP contribution is -2.30. The first-order valence-electron chi connectivity index (χ1n) is 5.35. The number of carboxylic acid groups (broad SMARTS) is 1. The first kappa shape index (κ1) is 10.9. The highest BCUT2D eigenvalue weighted by Gasteiger charge is 2.19. The van der Waals surface area contributed by atoms with Crippen LogP contribution < -0.4 is 5.73 Å². The highest BCUT2D eigenvalue weighted by Crippen LogP contribution is 2.31. The number of allylic oxidation sites excluding steroid dienone is 1. The van der Waals surface area contributed by atoms with Gasteiger partial charge in [0.1, 0.15) is 6.04 Å². The van der Waals surface area contributed by atoms with Gasteiger partial charge in [0.05, 0.1) is 0 Å². The Morgan fingerprint density at radius 1 is 1.56 bits per heavy atom. The van der Waals surface area contributed by atoms with Gasteiger partial charge < -0.3 is 10.8 Å². The molecule has 1 aliphatic rings. The Kier molecular flexibility index (Phi) is 2.79. The van der Waals surface area contributed by atoms with E-state index in [2.05, 4.69) is 24.3 Å². The molecule has 0 aromatic heterocycles. The van der Waals surface area contributed by atoms with Gasteiger partial charge in [0.2, 0.25) is 0 Å². The van der Waals surface area contributed by atoms with Crippen LogP contribution in [-0.4, -0.2) is 17.1 Å². The molecule has 1 aromatic rings. The Morgan fingerprint density at radius 2 is 2.31 bits per heavy atom. The third-order valence-electron chi connectivity index (χ3n) is 2.94. The molecule has 84 valence electrons. The second kappa shape index (κ2) is 4.10. The maximum absolute atomic E-state index is 10.7. The van der Waals surface area contributed by atoms with Gasteiger partial charge in [0.25, 0.3) is 0 Å². The molecule has 3 heteroatoms. The van der Waals surface area contributed by atoms with E-state index in [9.17, 15) is 4.79 Å². The van der Waals surface area contributed by atoms with Crippen molar-refractivity contribution in [3.05, 3.63) is 41.0 Å². The summed E-state index contributed by atoms with van der Waals surface area (Å²) in [7, 11) is 0. The molecule has 0 aliphatic heterocycles. The number of aliphatic carboxylic acids is 1. The third-order valence-corrected chi connectivity index (χ3v) is 2.94. The molecule has 0 unspecified atom stereocenters. The lowest BCUT2D eigenvalue weighted by molar-refractivity contribution is -0.138. The number of benzene rings is 1. The van der Waals surface area contributed by atoms with Crippen LogP contribution in [0.5, 0.6) is 0 Å². The van der Waals surface area contributed by atoms with E-state index < -0.39 is 12.0 Å². The molecule has 0 bridgehead atoms. The summed E-state index contributed by atoms with van der Waals surface area (Å²) in [5, 5.41) is 8.79. The van der Waals surface area contributed by atoms with Crippen molar-refractivity contribution in [1.29, 1.82) is 0 Å². The summed E-state index contributed by atoms with van der Waals surface area (Å²) in [5.74, 6) is -0.943. The zero-order valence-corrected chi connectivity index (χ0v) is 9.23. The van der Waals surface area contributed by atoms with Crippen LogP contribution in [0.3, 0.4) is 0 Å². The Bertz CT molecular complexity index is 463. The van der Waals surface area contributed by atoms with E-state index in [-0.39, 0.29) is 0 Å². The van der Waals surface area contributed by atoms with Crippen LogP contribution in [-0.2, 0) is 11.2 Å². The van der Waals surface area contributed by atoms with Crippen molar-refractivity contribution in [2.45, 2.75) is 25.8 Å². The van der Waals surface area contributed by atoms with E-state index in [1.807, 2.05) is 6.92 Å². The van der Waals surface area contributed by atoms with Crippen LogP contribution >= 0.6 is 0 Å². The average molecular weight is 217 g/mol. The maximum atomic E-state index is 10.7. The van der Waals surface area contributed by atoms with Gasteiger partial charge in [0.15, 0.2) is 0 Å². The van der Waals surface area contributed by atoms with Crippen molar-refractivity contribution < 1.29 is 9.90 Å². The molecule has 0 saturated carbocycles. The van der Waals surface area contributed by atoms with Gasteiger partial charge in [-0.3, -0.25) is 4.79 Å². The fraction of sp³-hybridized carbons (Fsp3) is 0.308. The molecule has 3 nitrogen and oxygen atoms in total. The molecule has 0 fully saturated rings. The molecule has 0 saturated heterocycles. The lowest BCUT2D eigenvalue weighted by Gasteiger charge is -2.10. The largest absolute Gasteiger partial charge is 0.480 e. The number of carboxylic acids is 1. The topological polar surface area (TPSA) is 63.3 Å². The minimum Gasteiger partial charge on any atom is -0.480 e. The molecule has 0 spiro atoms. The molecule has 0 amide bonds. The molecule has 0 radical (unpaired) electrons. The second-order valence-corrected chi connectivity index (χ2v) is 4.24. The molecule has 1 aromatic carbocycles. The van der Waals surface area contributed by atoms with Gasteiger partial charge in [0, 0.05) is 0 Å². The molecule has 1 atom stereocenters. The van der Waals surface area contributed by atoms with Gasteiger partial charge >= 0.3 is 5.97 Å². The van der Waals surface area contributed by atoms with Crippen LogP contribution in [0.4, 0.5) is 0 Å². The number of nitrogens with two attached hydrogens (primary N) is 1. The number of rotatable bonds is 3. The Hall–Kier alpha value is -1.61. The highest BCUT2D eigenvalue weighted by atomic mass is 16.4. The van der Waals surface area contributed by atoms with E-state index in [1.54, 1.807) is 0 Å². The van der Waals surface area contributed by atoms with Crippen LogP contribution in [0.1, 0.15) is 23.1 Å². The summed E-state index contributed by atoms with van der Waals surface area (Å²) in [6.45, 7) is 2.04. The van der Waals surface area contributed by atoms with Crippen LogP contribution in [0.2, 0.25) is 0 Å². The molecule has 0 heterocycles. The summed E-state index contributed by atoms with van der Waals surface area (Å²) in [6, 6.07) is 5.47. The van der Waals surface area contributed by atoms with Crippen molar-refractivity contribution >= 4 is 11.5 Å². The summed E-state index contributed by atoms with van der Waals surface area (Å²) < 4.78 is 0. The number of hydrogen-bond acceptors (Lipinski definition) is 2. The smallest absolute Gasteiger partial charge is 0.320 e. The second-order valence-electron chi connectivity index (χ2n) is 4.24. The quantitative estimate of drug-likeness (QED) is 0.810. The van der Waals surface area contributed by atoms with Crippen molar-refractivity contribution in [3.8, 4) is 0 Å². The van der Waals surface area contributed by atoms with Gasteiger partial charge in [-0.1, -0.05) is 29.8 Å². The monoisotopic (exact) mass is 217 g/mol. The molecular formula is C13H15NO2. The zero-order chi connectivity index (χ0) is 11.7. The van der Waals surface area contributed by atoms with Crippen molar-refractivity contribution in [3.63, 3.8) is 0 Å². The molecule has 16 heavy (non-hydrogen) atoms. The van der Waals surface area contributed by atoms with Gasteiger partial charge in [-0.15, -0.1) is 0 Å². The zero-order valence-electron chi connectivity index (χ0n) is 9.23. The SMILES string of the molecule is Cc1ccc2c(c1)C(C[C@@H](N)C(=O)O)=CC2. The Morgan fingerprint density at radius 3 is 3.00 bits per heavy atom. The molecular weight excluding hydrogens is 202 g/mol. The summed E-state index contributed by atoms with van der Waals surface area (Å²) in [4.78, 5) is 10.7. The number of carbonyl (C=O) groups is 1. The van der Waals surface area contributed by atoms with Crippen LogP contribution in [0.25, 0.3) is 5.57 Å².